The van der Waals surface area contributed by atoms with Gasteiger partial charge in [-0.25, -0.2) is 34.1 Å². The molecule has 1 amide bonds. The summed E-state index contributed by atoms with van der Waals surface area (Å²) in [7, 11) is 0. The van der Waals surface area contributed by atoms with Crippen LogP contribution in [0.1, 0.15) is 12.2 Å². The van der Waals surface area contributed by atoms with Crippen LogP contribution in [0.5, 0.6) is 0 Å². The number of nitrogens with zero attached hydrogens (tertiary/aromatic N) is 6. The number of aromatic nitrogens is 3. The average Bonchev–Trinajstić information content (AvgIpc) is 2.94. The van der Waals surface area contributed by atoms with Gasteiger partial charge in [0.1, 0.15) is 28.9 Å². The Balaban J connectivity index is 1.68. The Morgan fingerprint density at radius 2 is 2.03 bits per heavy atom. The van der Waals surface area contributed by atoms with Gasteiger partial charge >= 0.3 is 0 Å². The molecule has 2 aromatic heterocycles. The Kier molecular flexibility index (Phi) is 7.06. The highest BCUT2D eigenvalue weighted by Crippen LogP contribution is 2.38. The number of hydrogen-bond acceptors (Lipinski definition) is 5. The Morgan fingerprint density at radius 1 is 1.23 bits per heavy atom. The van der Waals surface area contributed by atoms with E-state index in [1.165, 1.54) is 29.3 Å². The van der Waals surface area contributed by atoms with E-state index in [2.05, 4.69) is 26.4 Å². The average molecular weight is 555 g/mol. The van der Waals surface area contributed by atoms with Crippen molar-refractivity contribution in [1.82, 2.24) is 19.9 Å². The van der Waals surface area contributed by atoms with Gasteiger partial charge in [0.2, 0.25) is 12.5 Å². The van der Waals surface area contributed by atoms with E-state index in [-0.39, 0.29) is 65.0 Å². The Morgan fingerprint density at radius 3 is 2.74 bits per heavy atom. The van der Waals surface area contributed by atoms with E-state index in [0.717, 1.165) is 6.08 Å². The Hall–Kier alpha value is -4.30. The Bertz CT molecular complexity index is 1670. The lowest BCUT2D eigenvalue weighted by Gasteiger charge is -2.39. The first-order valence-electron chi connectivity index (χ1n) is 11.8. The molecule has 1 fully saturated rings. The predicted molar refractivity (Wildman–Crippen MR) is 140 cm³/mol. The van der Waals surface area contributed by atoms with Crippen molar-refractivity contribution < 1.29 is 22.4 Å². The first kappa shape index (κ1) is 26.3. The summed E-state index contributed by atoms with van der Waals surface area (Å²) in [5.41, 5.74) is -0.460. The quantitative estimate of drug-likeness (QED) is 0.176. The molecular weight excluding hydrogens is 536 g/mol. The number of pyridine rings is 1. The second-order valence-corrected chi connectivity index (χ2v) is 9.21. The van der Waals surface area contributed by atoms with Crippen molar-refractivity contribution in [3.63, 3.8) is 0 Å². The molecule has 2 aromatic carbocycles. The highest BCUT2D eigenvalue weighted by atomic mass is 35.5. The number of anilines is 1. The van der Waals surface area contributed by atoms with Gasteiger partial charge in [0.05, 0.1) is 10.4 Å². The van der Waals surface area contributed by atoms with Crippen LogP contribution < -0.4 is 4.90 Å². The molecule has 3 heterocycles. The van der Waals surface area contributed by atoms with Crippen molar-refractivity contribution >= 4 is 45.0 Å². The fourth-order valence-electron chi connectivity index (χ4n) is 4.81. The maximum Gasteiger partial charge on any atom is 0.297 e. The maximum absolute atomic E-state index is 16.1. The van der Waals surface area contributed by atoms with Crippen LogP contribution in [0.25, 0.3) is 37.8 Å². The minimum Gasteiger partial charge on any atom is -0.352 e. The lowest BCUT2D eigenvalue weighted by Crippen LogP contribution is -2.56. The van der Waals surface area contributed by atoms with Crippen LogP contribution in [0.3, 0.4) is 0 Å². The first-order valence-corrected chi connectivity index (χ1v) is 12.2. The minimum absolute atomic E-state index is 0.0101. The molecule has 5 rings (SSSR count). The van der Waals surface area contributed by atoms with Crippen molar-refractivity contribution in [2.75, 3.05) is 31.1 Å². The van der Waals surface area contributed by atoms with Crippen molar-refractivity contribution in [2.24, 2.45) is 0 Å². The second kappa shape index (κ2) is 10.5. The highest BCUT2D eigenvalue weighted by molar-refractivity contribution is 6.36. The third-order valence-corrected chi connectivity index (χ3v) is 6.98. The predicted octanol–water partition coefficient (Wildman–Crippen LogP) is 5.84. The van der Waals surface area contributed by atoms with Gasteiger partial charge in [0, 0.05) is 36.8 Å². The molecule has 0 aliphatic carbocycles. The van der Waals surface area contributed by atoms with E-state index in [9.17, 15) is 18.0 Å². The number of amides is 1. The standard InChI is InChI=1S/C27H19ClF4N6O/c1-3-19(39)38-10-9-37(13-15(38)11-33-2)27-17-12-34-23(22(30)24(17)35-26(36-27)25(31)32)16-6-4-5-14-7-8-18(29)21(28)20(14)16/h3-8,12,15,25H,1,9-11,13H2/t15-/m0/s1. The topological polar surface area (TPSA) is 66.6 Å². The van der Waals surface area contributed by atoms with Crippen LogP contribution in [0.2, 0.25) is 5.02 Å². The number of piperazine rings is 1. The summed E-state index contributed by atoms with van der Waals surface area (Å²) < 4.78 is 58.1. The third-order valence-electron chi connectivity index (χ3n) is 6.61. The molecule has 7 nitrogen and oxygen atoms in total. The van der Waals surface area contributed by atoms with Crippen LogP contribution in [0.15, 0.2) is 49.2 Å². The van der Waals surface area contributed by atoms with Gasteiger partial charge < -0.3 is 14.6 Å². The van der Waals surface area contributed by atoms with Crippen LogP contribution in [0.4, 0.5) is 23.4 Å². The summed E-state index contributed by atoms with van der Waals surface area (Å²) in [5, 5.41) is 0.606. The summed E-state index contributed by atoms with van der Waals surface area (Å²) in [6.45, 7) is 11.2. The van der Waals surface area contributed by atoms with Gasteiger partial charge in [-0.1, -0.05) is 42.4 Å². The van der Waals surface area contributed by atoms with E-state index in [0.29, 0.717) is 5.39 Å². The summed E-state index contributed by atoms with van der Waals surface area (Å²) in [6, 6.07) is 6.92. The molecule has 0 N–H and O–H groups in total. The van der Waals surface area contributed by atoms with Gasteiger partial charge in [0.25, 0.3) is 6.43 Å². The lowest BCUT2D eigenvalue weighted by molar-refractivity contribution is -0.128. The lowest BCUT2D eigenvalue weighted by atomic mass is 10.0. The van der Waals surface area contributed by atoms with Gasteiger partial charge in [-0.15, -0.1) is 0 Å². The largest absolute Gasteiger partial charge is 0.352 e. The molecule has 12 heteroatoms. The van der Waals surface area contributed by atoms with Crippen LogP contribution >= 0.6 is 11.6 Å². The normalized spacial score (nSPS) is 15.7. The number of alkyl halides is 2. The van der Waals surface area contributed by atoms with Gasteiger partial charge in [-0.05, 0) is 17.5 Å². The van der Waals surface area contributed by atoms with E-state index in [1.807, 2.05) is 0 Å². The Labute approximate surface area is 225 Å². The molecule has 0 spiro atoms. The van der Waals surface area contributed by atoms with Crippen molar-refractivity contribution in [2.45, 2.75) is 12.5 Å². The summed E-state index contributed by atoms with van der Waals surface area (Å²) in [5.74, 6) is -2.93. The third kappa shape index (κ3) is 4.61. The van der Waals surface area contributed by atoms with Gasteiger partial charge in [0.15, 0.2) is 11.6 Å². The smallest absolute Gasteiger partial charge is 0.297 e. The number of halogens is 5. The SMILES string of the molecule is [C-]#[N+]C[C@H]1CN(c2nc(C(F)F)nc3c(F)c(-c4cccc5ccc(F)c(Cl)c45)ncc23)CCN1C(=O)C=C. The molecule has 39 heavy (non-hydrogen) atoms. The number of rotatable bonds is 5. The first-order chi connectivity index (χ1) is 18.7. The van der Waals surface area contributed by atoms with Gasteiger partial charge in [-0.2, -0.15) is 0 Å². The number of fused-ring (bicyclic) bond motifs is 2. The van der Waals surface area contributed by atoms with E-state index in [4.69, 9.17) is 18.2 Å². The molecule has 0 saturated carbocycles. The monoisotopic (exact) mass is 554 g/mol. The molecule has 198 valence electrons. The van der Waals surface area contributed by atoms with Crippen molar-refractivity contribution in [1.29, 1.82) is 0 Å². The molecule has 1 aliphatic rings. The molecule has 0 unspecified atom stereocenters. The van der Waals surface area contributed by atoms with Gasteiger partial charge in [-0.3, -0.25) is 9.78 Å². The molecule has 1 atom stereocenters. The molecule has 0 radical (unpaired) electrons. The van der Waals surface area contributed by atoms with E-state index in [1.54, 1.807) is 17.0 Å². The number of benzene rings is 2. The fraction of sp³-hybridized carbons (Fsp3) is 0.222. The molecule has 0 bridgehead atoms. The van der Waals surface area contributed by atoms with E-state index < -0.39 is 35.4 Å². The summed E-state index contributed by atoms with van der Waals surface area (Å²) >= 11 is 6.22. The second-order valence-electron chi connectivity index (χ2n) is 8.83. The molecule has 1 saturated heterocycles. The fourth-order valence-corrected chi connectivity index (χ4v) is 5.08. The molecule has 1 aliphatic heterocycles. The zero-order valence-electron chi connectivity index (χ0n) is 20.2. The van der Waals surface area contributed by atoms with Crippen molar-refractivity contribution in [3.8, 4) is 11.3 Å². The summed E-state index contributed by atoms with van der Waals surface area (Å²) in [4.78, 5) is 30.9. The number of hydrogen-bond donors (Lipinski definition) is 0. The zero-order valence-corrected chi connectivity index (χ0v) is 21.0. The maximum atomic E-state index is 16.1. The minimum atomic E-state index is -3.10. The van der Waals surface area contributed by atoms with E-state index >= 15 is 4.39 Å². The van der Waals surface area contributed by atoms with Crippen LogP contribution in [0, 0.1) is 18.2 Å². The van der Waals surface area contributed by atoms with Crippen LogP contribution in [-0.4, -0.2) is 58.0 Å². The zero-order chi connectivity index (χ0) is 27.8. The van der Waals surface area contributed by atoms with Crippen LogP contribution in [-0.2, 0) is 4.79 Å². The molecular formula is C27H19ClF4N6O. The molecule has 4 aromatic rings. The summed E-state index contributed by atoms with van der Waals surface area (Å²) in [6.07, 6.45) is -0.684. The highest BCUT2D eigenvalue weighted by Gasteiger charge is 2.34. The number of carbonyl (C=O) groups is 1. The number of carbonyl (C=O) groups excluding carboxylic acids is 1. The van der Waals surface area contributed by atoms with Crippen molar-refractivity contribution in [3.05, 3.63) is 83.1 Å².